The van der Waals surface area contributed by atoms with Gasteiger partial charge < -0.3 is 25.2 Å². The maximum atomic E-state index is 10.4. The van der Waals surface area contributed by atoms with E-state index in [2.05, 4.69) is 22.5 Å². The van der Waals surface area contributed by atoms with Gasteiger partial charge in [-0.05, 0) is 51.3 Å². The highest BCUT2D eigenvalue weighted by molar-refractivity contribution is 5.79. The van der Waals surface area contributed by atoms with E-state index in [1.807, 2.05) is 45.0 Å². The van der Waals surface area contributed by atoms with E-state index < -0.39 is 6.10 Å². The second kappa shape index (κ2) is 14.3. The van der Waals surface area contributed by atoms with E-state index in [0.29, 0.717) is 12.5 Å². The highest BCUT2D eigenvalue weighted by Crippen LogP contribution is 2.19. The number of ether oxygens (including phenoxy) is 2. The lowest BCUT2D eigenvalue weighted by Crippen LogP contribution is -2.38. The molecule has 0 aromatic heterocycles. The van der Waals surface area contributed by atoms with Crippen LogP contribution in [-0.4, -0.2) is 50.0 Å². The minimum absolute atomic E-state index is 0.135. The van der Waals surface area contributed by atoms with Crippen LogP contribution in [0.2, 0.25) is 0 Å². The molecule has 1 atom stereocenters. The SMILES string of the molecule is CCCCOCCCNC(=NCC(O)c1ccc(OC(C)C)cc1)NCC. The van der Waals surface area contributed by atoms with Crippen molar-refractivity contribution >= 4 is 5.96 Å². The first kappa shape index (κ1) is 23.2. The number of rotatable bonds is 13. The summed E-state index contributed by atoms with van der Waals surface area (Å²) in [5.41, 5.74) is 0.829. The predicted molar refractivity (Wildman–Crippen MR) is 111 cm³/mol. The molecule has 3 N–H and O–H groups in total. The number of hydrogen-bond acceptors (Lipinski definition) is 4. The zero-order valence-corrected chi connectivity index (χ0v) is 17.3. The smallest absolute Gasteiger partial charge is 0.191 e. The lowest BCUT2D eigenvalue weighted by Gasteiger charge is -2.14. The second-order valence-corrected chi connectivity index (χ2v) is 6.72. The van der Waals surface area contributed by atoms with Crippen LogP contribution in [0.5, 0.6) is 5.75 Å². The van der Waals surface area contributed by atoms with Crippen molar-refractivity contribution in [3.8, 4) is 5.75 Å². The normalized spacial score (nSPS) is 12.9. The van der Waals surface area contributed by atoms with Gasteiger partial charge in [0.1, 0.15) is 5.75 Å². The maximum Gasteiger partial charge on any atom is 0.191 e. The van der Waals surface area contributed by atoms with Crippen molar-refractivity contribution in [2.24, 2.45) is 4.99 Å². The molecule has 154 valence electrons. The third-order valence-electron chi connectivity index (χ3n) is 3.80. The van der Waals surface area contributed by atoms with Gasteiger partial charge in [-0.1, -0.05) is 25.5 Å². The first-order valence-corrected chi connectivity index (χ1v) is 10.1. The molecule has 0 aliphatic carbocycles. The number of nitrogens with one attached hydrogen (secondary N) is 2. The Morgan fingerprint density at radius 2 is 1.78 bits per heavy atom. The summed E-state index contributed by atoms with van der Waals surface area (Å²) in [7, 11) is 0. The molecular weight excluding hydrogens is 342 g/mol. The van der Waals surface area contributed by atoms with Crippen molar-refractivity contribution in [3.05, 3.63) is 29.8 Å². The third-order valence-corrected chi connectivity index (χ3v) is 3.80. The Kier molecular flexibility index (Phi) is 12.3. The molecule has 0 aliphatic rings. The number of aliphatic imine (C=N–C) groups is 1. The van der Waals surface area contributed by atoms with Gasteiger partial charge in [-0.3, -0.25) is 4.99 Å². The maximum absolute atomic E-state index is 10.4. The van der Waals surface area contributed by atoms with E-state index in [-0.39, 0.29) is 6.10 Å². The number of hydrogen-bond donors (Lipinski definition) is 3. The van der Waals surface area contributed by atoms with Gasteiger partial charge in [0.15, 0.2) is 5.96 Å². The summed E-state index contributed by atoms with van der Waals surface area (Å²) in [5.74, 6) is 1.52. The molecule has 0 amide bonds. The Bertz CT molecular complexity index is 518. The Balaban J connectivity index is 2.41. The van der Waals surface area contributed by atoms with Crippen molar-refractivity contribution < 1.29 is 14.6 Å². The molecule has 0 saturated heterocycles. The lowest BCUT2D eigenvalue weighted by atomic mass is 10.1. The number of aliphatic hydroxyl groups excluding tert-OH is 1. The summed E-state index contributed by atoms with van der Waals surface area (Å²) in [4.78, 5) is 4.48. The fourth-order valence-corrected chi connectivity index (χ4v) is 2.40. The number of guanidine groups is 1. The number of aliphatic hydroxyl groups is 1. The van der Waals surface area contributed by atoms with Crippen LogP contribution in [0.4, 0.5) is 0 Å². The fourth-order valence-electron chi connectivity index (χ4n) is 2.40. The van der Waals surface area contributed by atoms with Crippen LogP contribution in [0.25, 0.3) is 0 Å². The number of nitrogens with zero attached hydrogens (tertiary/aromatic N) is 1. The second-order valence-electron chi connectivity index (χ2n) is 6.72. The van der Waals surface area contributed by atoms with Crippen LogP contribution < -0.4 is 15.4 Å². The predicted octanol–water partition coefficient (Wildman–Crippen LogP) is 3.27. The average molecular weight is 380 g/mol. The van der Waals surface area contributed by atoms with Crippen molar-refractivity contribution in [1.29, 1.82) is 0 Å². The Hall–Kier alpha value is -1.79. The van der Waals surface area contributed by atoms with Crippen LogP contribution in [-0.2, 0) is 4.74 Å². The molecule has 0 fully saturated rings. The van der Waals surface area contributed by atoms with Gasteiger partial charge in [0.25, 0.3) is 0 Å². The molecule has 0 aliphatic heterocycles. The van der Waals surface area contributed by atoms with Crippen LogP contribution in [0.3, 0.4) is 0 Å². The van der Waals surface area contributed by atoms with Crippen molar-refractivity contribution in [3.63, 3.8) is 0 Å². The summed E-state index contributed by atoms with van der Waals surface area (Å²) >= 11 is 0. The molecule has 1 rings (SSSR count). The Morgan fingerprint density at radius 3 is 2.41 bits per heavy atom. The quantitative estimate of drug-likeness (QED) is 0.279. The van der Waals surface area contributed by atoms with Crippen LogP contribution in [0, 0.1) is 0 Å². The number of unbranched alkanes of at least 4 members (excludes halogenated alkanes) is 1. The Morgan fingerprint density at radius 1 is 1.07 bits per heavy atom. The van der Waals surface area contributed by atoms with Crippen molar-refractivity contribution in [2.45, 2.75) is 59.2 Å². The van der Waals surface area contributed by atoms with E-state index in [4.69, 9.17) is 9.47 Å². The lowest BCUT2D eigenvalue weighted by molar-refractivity contribution is 0.129. The van der Waals surface area contributed by atoms with Crippen LogP contribution in [0.1, 0.15) is 58.6 Å². The monoisotopic (exact) mass is 379 g/mol. The molecule has 6 nitrogen and oxygen atoms in total. The molecule has 1 aromatic rings. The van der Waals surface area contributed by atoms with Crippen molar-refractivity contribution in [1.82, 2.24) is 10.6 Å². The zero-order valence-electron chi connectivity index (χ0n) is 17.3. The summed E-state index contributed by atoms with van der Waals surface area (Å²) in [6, 6.07) is 7.52. The van der Waals surface area contributed by atoms with Gasteiger partial charge in [-0.15, -0.1) is 0 Å². The van der Waals surface area contributed by atoms with E-state index in [1.165, 1.54) is 0 Å². The van der Waals surface area contributed by atoms with Crippen LogP contribution in [0.15, 0.2) is 29.3 Å². The van der Waals surface area contributed by atoms with E-state index in [1.54, 1.807) is 0 Å². The standard InChI is InChI=1S/C21H37N3O3/c1-5-7-14-26-15-8-13-23-21(22-6-2)24-16-20(25)18-9-11-19(12-10-18)27-17(3)4/h9-12,17,20,25H,5-8,13-16H2,1-4H3,(H2,22,23,24). The van der Waals surface area contributed by atoms with Gasteiger partial charge in [0.2, 0.25) is 0 Å². The molecule has 1 aromatic carbocycles. The molecule has 0 radical (unpaired) electrons. The molecule has 27 heavy (non-hydrogen) atoms. The number of benzene rings is 1. The van der Waals surface area contributed by atoms with Gasteiger partial charge in [-0.2, -0.15) is 0 Å². The summed E-state index contributed by atoms with van der Waals surface area (Å²) in [6.45, 7) is 11.6. The summed E-state index contributed by atoms with van der Waals surface area (Å²) in [6.07, 6.45) is 2.68. The van der Waals surface area contributed by atoms with E-state index in [9.17, 15) is 5.11 Å². The molecule has 6 heteroatoms. The topological polar surface area (TPSA) is 75.1 Å². The highest BCUT2D eigenvalue weighted by Gasteiger charge is 2.08. The largest absolute Gasteiger partial charge is 0.491 e. The van der Waals surface area contributed by atoms with E-state index in [0.717, 1.165) is 56.9 Å². The van der Waals surface area contributed by atoms with E-state index >= 15 is 0 Å². The highest BCUT2D eigenvalue weighted by atomic mass is 16.5. The van der Waals surface area contributed by atoms with Crippen molar-refractivity contribution in [2.75, 3.05) is 32.8 Å². The van der Waals surface area contributed by atoms with Gasteiger partial charge in [-0.25, -0.2) is 0 Å². The summed E-state index contributed by atoms with van der Waals surface area (Å²) in [5, 5.41) is 16.9. The molecule has 0 heterocycles. The average Bonchev–Trinajstić information content (AvgIpc) is 2.65. The minimum atomic E-state index is -0.647. The third kappa shape index (κ3) is 10.8. The molecule has 0 spiro atoms. The molecular formula is C21H37N3O3. The molecule has 1 unspecified atom stereocenters. The van der Waals surface area contributed by atoms with Gasteiger partial charge in [0.05, 0.1) is 18.8 Å². The molecule has 0 saturated carbocycles. The molecule has 0 bridgehead atoms. The van der Waals surface area contributed by atoms with Gasteiger partial charge in [0, 0.05) is 26.3 Å². The van der Waals surface area contributed by atoms with Crippen LogP contribution >= 0.6 is 0 Å². The summed E-state index contributed by atoms with van der Waals surface area (Å²) < 4.78 is 11.2. The van der Waals surface area contributed by atoms with Gasteiger partial charge >= 0.3 is 0 Å². The minimum Gasteiger partial charge on any atom is -0.491 e. The first-order valence-electron chi connectivity index (χ1n) is 10.1. The fraction of sp³-hybridized carbons (Fsp3) is 0.667. The zero-order chi connectivity index (χ0) is 19.9. The first-order chi connectivity index (χ1) is 13.1. The Labute approximate surface area is 164 Å².